The fraction of sp³-hybridized carbons (Fsp3) is 0.257. The summed E-state index contributed by atoms with van der Waals surface area (Å²) < 4.78 is 17.9. The van der Waals surface area contributed by atoms with Crippen LogP contribution in [-0.4, -0.2) is 57.1 Å². The summed E-state index contributed by atoms with van der Waals surface area (Å²) in [7, 11) is 3.35. The topological polar surface area (TPSA) is 121 Å². The molecule has 0 saturated carbocycles. The molecule has 2 amide bonds. The maximum Gasteiger partial charge on any atom is 0.270 e. The van der Waals surface area contributed by atoms with Gasteiger partial charge >= 0.3 is 0 Å². The van der Waals surface area contributed by atoms with Gasteiger partial charge in [-0.05, 0) is 30.7 Å². The van der Waals surface area contributed by atoms with Gasteiger partial charge in [0.05, 0.1) is 38.6 Å². The number of amides is 2. The number of hydrogen-bond acceptors (Lipinski definition) is 6. The lowest BCUT2D eigenvalue weighted by Crippen LogP contribution is -2.61. The summed E-state index contributed by atoms with van der Waals surface area (Å²) in [6, 6.07) is 21.5. The lowest BCUT2D eigenvalue weighted by Gasteiger charge is -2.50. The van der Waals surface area contributed by atoms with E-state index in [1.54, 1.807) is 25.1 Å². The SMILES string of the molecule is CO[C@H]1[C@@H](N(C)C(=O)c2cccc([N+](=O)[O-])c2)C[C@@H]2O[C@@]1(C)n1c3ccccc3c3c4c(c5c6ccccc6n2c5c31)C(=O)NC4. The van der Waals surface area contributed by atoms with E-state index in [9.17, 15) is 19.7 Å². The van der Waals surface area contributed by atoms with E-state index in [0.29, 0.717) is 18.5 Å². The Morgan fingerprint density at radius 2 is 1.76 bits per heavy atom. The number of nitro benzene ring substituents is 1. The van der Waals surface area contributed by atoms with E-state index in [-0.39, 0.29) is 23.1 Å². The van der Waals surface area contributed by atoms with Crippen molar-refractivity contribution >= 4 is 61.1 Å². The molecule has 9 rings (SSSR count). The number of aromatic nitrogens is 2. The first-order valence-electron chi connectivity index (χ1n) is 15.3. The molecule has 3 aliphatic heterocycles. The first-order valence-corrected chi connectivity index (χ1v) is 15.3. The van der Waals surface area contributed by atoms with Gasteiger partial charge < -0.3 is 28.8 Å². The number of para-hydroxylation sites is 2. The fourth-order valence-corrected chi connectivity index (χ4v) is 8.50. The Hall–Kier alpha value is -5.26. The minimum absolute atomic E-state index is 0.0917. The fourth-order valence-electron chi connectivity index (χ4n) is 8.50. The Morgan fingerprint density at radius 1 is 1.04 bits per heavy atom. The summed E-state index contributed by atoms with van der Waals surface area (Å²) in [6.45, 7) is 2.43. The van der Waals surface area contributed by atoms with Crippen molar-refractivity contribution < 1.29 is 24.0 Å². The molecule has 0 radical (unpaired) electrons. The lowest BCUT2D eigenvalue weighted by atomic mass is 9.91. The Labute approximate surface area is 262 Å². The molecule has 11 heteroatoms. The zero-order valence-corrected chi connectivity index (χ0v) is 25.3. The van der Waals surface area contributed by atoms with Crippen LogP contribution in [0, 0.1) is 10.1 Å². The number of ether oxygens (including phenoxy) is 2. The standard InChI is InChI=1S/C35H29N5O6/c1-35-32(45-3)25(37(2)34(42)18-9-8-10-19(15-18)40(43)44)16-26(46-35)38-23-13-6-4-11-20(23)28-29-22(17-36-33(29)41)27-21-12-5-7-14-24(21)39(35)31(27)30(28)38/h4-15,25-26,32H,16-17H2,1-3H3,(H,36,41)/t25-,26-,32-,35+/m0/s1. The third-order valence-electron chi connectivity index (χ3n) is 10.3. The number of rotatable bonds is 4. The van der Waals surface area contributed by atoms with E-state index < -0.39 is 29.0 Å². The van der Waals surface area contributed by atoms with E-state index in [4.69, 9.17) is 9.47 Å². The molecule has 6 aromatic rings. The van der Waals surface area contributed by atoms with Gasteiger partial charge in [0.25, 0.3) is 17.5 Å². The second-order valence-electron chi connectivity index (χ2n) is 12.5. The van der Waals surface area contributed by atoms with Crippen molar-refractivity contribution in [2.24, 2.45) is 0 Å². The summed E-state index contributed by atoms with van der Waals surface area (Å²) in [5.41, 5.74) is 4.38. The summed E-state index contributed by atoms with van der Waals surface area (Å²) in [5.74, 6) is -0.443. The molecule has 0 unspecified atom stereocenters. The summed E-state index contributed by atoms with van der Waals surface area (Å²) in [5, 5.41) is 18.5. The summed E-state index contributed by atoms with van der Waals surface area (Å²) in [6.07, 6.45) is -0.782. The first kappa shape index (κ1) is 27.1. The second-order valence-corrected chi connectivity index (χ2v) is 12.5. The minimum Gasteiger partial charge on any atom is -0.374 e. The Bertz CT molecular complexity index is 2360. The average molecular weight is 616 g/mol. The summed E-state index contributed by atoms with van der Waals surface area (Å²) in [4.78, 5) is 40.3. The van der Waals surface area contributed by atoms with Crippen LogP contribution in [0.2, 0.25) is 0 Å². The molecule has 1 saturated heterocycles. The van der Waals surface area contributed by atoms with Crippen molar-refractivity contribution in [1.82, 2.24) is 19.4 Å². The number of benzene rings is 4. The number of methoxy groups -OCH3 is 1. The highest BCUT2D eigenvalue weighted by Crippen LogP contribution is 2.54. The van der Waals surface area contributed by atoms with E-state index in [1.165, 1.54) is 18.2 Å². The van der Waals surface area contributed by atoms with Gasteiger partial charge in [0.15, 0.2) is 5.72 Å². The number of likely N-dealkylation sites (N-methyl/N-ethyl adjacent to an activating group) is 1. The van der Waals surface area contributed by atoms with Crippen LogP contribution in [0.3, 0.4) is 0 Å². The van der Waals surface area contributed by atoms with Gasteiger partial charge in [-0.1, -0.05) is 42.5 Å². The molecule has 4 aromatic carbocycles. The zero-order valence-electron chi connectivity index (χ0n) is 25.3. The Kier molecular flexibility index (Phi) is 5.39. The van der Waals surface area contributed by atoms with Crippen molar-refractivity contribution in [2.45, 2.75) is 44.0 Å². The number of nitrogens with one attached hydrogen (secondary N) is 1. The number of non-ortho nitro benzene ring substituents is 1. The highest BCUT2D eigenvalue weighted by atomic mass is 16.6. The predicted octanol–water partition coefficient (Wildman–Crippen LogP) is 5.82. The first-order chi connectivity index (χ1) is 22.2. The predicted molar refractivity (Wildman–Crippen MR) is 172 cm³/mol. The van der Waals surface area contributed by atoms with Crippen LogP contribution in [-0.2, 0) is 21.7 Å². The molecule has 4 atom stereocenters. The van der Waals surface area contributed by atoms with E-state index in [0.717, 1.165) is 49.2 Å². The maximum absolute atomic E-state index is 14.0. The molecule has 46 heavy (non-hydrogen) atoms. The minimum atomic E-state index is -1.10. The van der Waals surface area contributed by atoms with Crippen molar-refractivity contribution in [3.05, 3.63) is 99.6 Å². The molecule has 5 heterocycles. The van der Waals surface area contributed by atoms with Crippen LogP contribution in [0.5, 0.6) is 0 Å². The van der Waals surface area contributed by atoms with Gasteiger partial charge in [-0.25, -0.2) is 0 Å². The molecule has 3 aliphatic rings. The lowest BCUT2D eigenvalue weighted by molar-refractivity contribution is -0.384. The van der Waals surface area contributed by atoms with Gasteiger partial charge in [-0.3, -0.25) is 19.7 Å². The molecule has 2 bridgehead atoms. The molecule has 230 valence electrons. The Balaban J connectivity index is 1.36. The zero-order chi connectivity index (χ0) is 31.6. The Morgan fingerprint density at radius 3 is 2.50 bits per heavy atom. The van der Waals surface area contributed by atoms with Crippen LogP contribution in [0.25, 0.3) is 43.6 Å². The second kappa shape index (κ2) is 9.15. The van der Waals surface area contributed by atoms with Gasteiger partial charge in [-0.2, -0.15) is 0 Å². The molecule has 11 nitrogen and oxygen atoms in total. The van der Waals surface area contributed by atoms with Crippen LogP contribution < -0.4 is 5.32 Å². The third-order valence-corrected chi connectivity index (χ3v) is 10.3. The monoisotopic (exact) mass is 615 g/mol. The van der Waals surface area contributed by atoms with Gasteiger partial charge in [0.2, 0.25) is 0 Å². The van der Waals surface area contributed by atoms with Gasteiger partial charge in [-0.15, -0.1) is 0 Å². The van der Waals surface area contributed by atoms with Crippen LogP contribution in [0.1, 0.15) is 45.9 Å². The normalized spacial score (nSPS) is 23.3. The van der Waals surface area contributed by atoms with Crippen molar-refractivity contribution in [1.29, 1.82) is 0 Å². The van der Waals surface area contributed by atoms with Crippen LogP contribution in [0.4, 0.5) is 5.69 Å². The molecule has 1 N–H and O–H groups in total. The quantitative estimate of drug-likeness (QED) is 0.197. The number of nitro groups is 1. The number of carbonyl (C=O) groups is 2. The number of nitrogens with zero attached hydrogens (tertiary/aromatic N) is 4. The average Bonchev–Trinajstić information content (AvgIpc) is 3.71. The molecule has 0 aliphatic carbocycles. The van der Waals surface area contributed by atoms with E-state index >= 15 is 0 Å². The van der Waals surface area contributed by atoms with Crippen molar-refractivity contribution in [2.75, 3.05) is 14.2 Å². The van der Waals surface area contributed by atoms with Crippen LogP contribution in [0.15, 0.2) is 72.8 Å². The molecule has 2 aromatic heterocycles. The van der Waals surface area contributed by atoms with Gasteiger partial charge in [0, 0.05) is 66.4 Å². The van der Waals surface area contributed by atoms with Crippen LogP contribution >= 0.6 is 0 Å². The maximum atomic E-state index is 14.0. The van der Waals surface area contributed by atoms with Crippen molar-refractivity contribution in [3.63, 3.8) is 0 Å². The number of fused-ring (bicyclic) bond motifs is 13. The third kappa shape index (κ3) is 3.23. The molecular formula is C35H29N5O6. The smallest absolute Gasteiger partial charge is 0.270 e. The molecule has 0 spiro atoms. The van der Waals surface area contributed by atoms with E-state index in [1.807, 2.05) is 31.2 Å². The highest BCUT2D eigenvalue weighted by Gasteiger charge is 2.55. The molecule has 1 fully saturated rings. The molecular weight excluding hydrogens is 586 g/mol. The number of carbonyl (C=O) groups excluding carboxylic acids is 2. The van der Waals surface area contributed by atoms with Crippen molar-refractivity contribution in [3.8, 4) is 0 Å². The largest absolute Gasteiger partial charge is 0.374 e. The number of hydrogen-bond donors (Lipinski definition) is 1. The van der Waals surface area contributed by atoms with E-state index in [2.05, 4.69) is 38.7 Å². The van der Waals surface area contributed by atoms with Gasteiger partial charge in [0.1, 0.15) is 12.3 Å². The highest BCUT2D eigenvalue weighted by molar-refractivity contribution is 6.31. The summed E-state index contributed by atoms with van der Waals surface area (Å²) >= 11 is 0.